The molecular weight excluding hydrogens is 937 g/mol. The molecule has 4 aliphatic rings. The van der Waals surface area contributed by atoms with E-state index in [0.717, 1.165) is 17.0 Å². The van der Waals surface area contributed by atoms with E-state index in [1.54, 1.807) is 30.3 Å². The molecule has 0 radical (unpaired) electrons. The molecule has 2 heterocycles. The molecule has 2 saturated heterocycles. The van der Waals surface area contributed by atoms with Crippen molar-refractivity contribution in [3.8, 4) is 34.1 Å². The van der Waals surface area contributed by atoms with Gasteiger partial charge in [-0.25, -0.2) is 4.79 Å². The lowest BCUT2D eigenvalue weighted by Crippen LogP contribution is -2.67. The number of ketones is 2. The Kier molecular flexibility index (Phi) is 13.9. The van der Waals surface area contributed by atoms with E-state index in [4.69, 9.17) is 28.4 Å². The largest absolute Gasteiger partial charge is 0.507 e. The van der Waals surface area contributed by atoms with Gasteiger partial charge in [0.05, 0.1) is 42.0 Å². The van der Waals surface area contributed by atoms with Crippen LogP contribution >= 0.6 is 0 Å². The summed E-state index contributed by atoms with van der Waals surface area (Å²) < 4.78 is 35.3. The Hall–Kier alpha value is -6.73. The van der Waals surface area contributed by atoms with E-state index in [1.165, 1.54) is 54.0 Å². The number of hydrogen-bond donors (Lipinski definition) is 10. The molecule has 0 aromatic heterocycles. The van der Waals surface area contributed by atoms with Crippen molar-refractivity contribution < 1.29 is 98.4 Å². The first-order chi connectivity index (χ1) is 33.6. The molecule has 8 rings (SSSR count). The number of nitrogens with zero attached hydrogens (tertiary/aromatic N) is 1. The van der Waals surface area contributed by atoms with Gasteiger partial charge in [0.25, 0.3) is 5.91 Å². The second kappa shape index (κ2) is 19.5. The van der Waals surface area contributed by atoms with E-state index < -0.39 is 160 Å². The van der Waals surface area contributed by atoms with Crippen molar-refractivity contribution in [1.82, 2.24) is 10.2 Å². The third kappa shape index (κ3) is 8.80. The topological polar surface area (TPSA) is 338 Å². The number of carbonyl (C=O) groups is 5. The summed E-state index contributed by atoms with van der Waals surface area (Å²) in [6.07, 6.45) is -19.5. The van der Waals surface area contributed by atoms with Crippen LogP contribution in [0.1, 0.15) is 97.4 Å². The van der Waals surface area contributed by atoms with Crippen LogP contribution in [0.25, 0.3) is 11.1 Å². The third-order valence-corrected chi connectivity index (χ3v) is 13.3. The monoisotopic (exact) mass is 988 g/mol. The molecule has 13 atom stereocenters. The van der Waals surface area contributed by atoms with Crippen LogP contribution in [0.2, 0.25) is 0 Å². The van der Waals surface area contributed by atoms with Crippen molar-refractivity contribution >= 4 is 29.5 Å². The van der Waals surface area contributed by atoms with E-state index in [-0.39, 0.29) is 34.6 Å². The Labute approximate surface area is 404 Å². The van der Waals surface area contributed by atoms with Gasteiger partial charge >= 0.3 is 12.1 Å². The second-order valence-electron chi connectivity index (χ2n) is 17.9. The van der Waals surface area contributed by atoms with Crippen LogP contribution in [0.4, 0.5) is 4.79 Å². The number of carboxylic acids is 1. The van der Waals surface area contributed by atoms with Crippen LogP contribution in [0.15, 0.2) is 54.6 Å². The zero-order chi connectivity index (χ0) is 51.7. The molecule has 10 N–H and O–H groups in total. The molecule has 2 aliphatic carbocycles. The molecule has 4 aromatic carbocycles. The number of methoxy groups -OCH3 is 1. The first kappa shape index (κ1) is 50.7. The minimum absolute atomic E-state index is 0.00755. The Morgan fingerprint density at radius 2 is 1.38 bits per heavy atom. The number of carboxylic acid groups (broad SMARTS) is 1. The number of phenols is 3. The number of benzene rings is 4. The van der Waals surface area contributed by atoms with Gasteiger partial charge in [0, 0.05) is 35.4 Å². The lowest BCUT2D eigenvalue weighted by atomic mass is 9.74. The van der Waals surface area contributed by atoms with Gasteiger partial charge < -0.3 is 84.6 Å². The average Bonchev–Trinajstić information content (AvgIpc) is 3.33. The van der Waals surface area contributed by atoms with Gasteiger partial charge in [0.1, 0.15) is 78.4 Å². The van der Waals surface area contributed by atoms with Crippen LogP contribution in [0, 0.1) is 6.92 Å². The lowest BCUT2D eigenvalue weighted by Gasteiger charge is -2.49. The quantitative estimate of drug-likeness (QED) is 0.0902. The third-order valence-electron chi connectivity index (χ3n) is 13.3. The Morgan fingerprint density at radius 1 is 0.761 bits per heavy atom. The van der Waals surface area contributed by atoms with E-state index >= 15 is 0 Å². The maximum Gasteiger partial charge on any atom is 0.410 e. The zero-order valence-electron chi connectivity index (χ0n) is 38.9. The predicted molar refractivity (Wildman–Crippen MR) is 241 cm³/mol. The maximum atomic E-state index is 14.2. The number of aliphatic hydroxyl groups excluding tert-OH is 5. The number of phenolic OH excluding ortho intramolecular Hbond substituents is 3. The van der Waals surface area contributed by atoms with Gasteiger partial charge in [-0.2, -0.15) is 0 Å². The lowest BCUT2D eigenvalue weighted by molar-refractivity contribution is -0.352. The van der Waals surface area contributed by atoms with Crippen molar-refractivity contribution in [3.63, 3.8) is 0 Å². The summed E-state index contributed by atoms with van der Waals surface area (Å²) >= 11 is 0. The fourth-order valence-electron chi connectivity index (χ4n) is 9.58. The first-order valence-electron chi connectivity index (χ1n) is 22.3. The molecule has 22 heteroatoms. The van der Waals surface area contributed by atoms with Crippen molar-refractivity contribution in [3.05, 3.63) is 105 Å². The van der Waals surface area contributed by atoms with Gasteiger partial charge in [-0.15, -0.1) is 0 Å². The number of hydrogen-bond acceptors (Lipinski definition) is 19. The van der Waals surface area contributed by atoms with Crippen LogP contribution < -0.4 is 10.1 Å². The summed E-state index contributed by atoms with van der Waals surface area (Å²) in [5, 5.41) is 104. The summed E-state index contributed by atoms with van der Waals surface area (Å²) in [4.78, 5) is 68.7. The number of amides is 2. The summed E-state index contributed by atoms with van der Waals surface area (Å²) in [5.41, 5.74) is -3.20. The zero-order valence-corrected chi connectivity index (χ0v) is 38.9. The maximum absolute atomic E-state index is 14.2. The van der Waals surface area contributed by atoms with Gasteiger partial charge in [-0.3, -0.25) is 19.2 Å². The second-order valence-corrected chi connectivity index (χ2v) is 17.9. The predicted octanol–water partition coefficient (Wildman–Crippen LogP) is 1.83. The van der Waals surface area contributed by atoms with E-state index in [9.17, 15) is 69.9 Å². The van der Waals surface area contributed by atoms with Crippen LogP contribution in [-0.4, -0.2) is 162 Å². The number of fused-ring (bicyclic) bond motifs is 5. The highest BCUT2D eigenvalue weighted by Crippen LogP contribution is 2.57. The first-order valence-corrected chi connectivity index (χ1v) is 22.3. The molecular formula is C49H52N2O20. The highest BCUT2D eigenvalue weighted by Gasteiger charge is 2.54. The molecule has 0 bridgehead atoms. The number of ether oxygens (including phenoxy) is 6. The molecule has 22 nitrogen and oxygen atoms in total. The number of aryl methyl sites for hydroxylation is 1. The van der Waals surface area contributed by atoms with Gasteiger partial charge in [0.15, 0.2) is 24.1 Å². The van der Waals surface area contributed by atoms with E-state index in [1.807, 2.05) is 0 Å². The Bertz CT molecular complexity index is 2800. The molecule has 0 spiro atoms. The number of rotatable bonds is 11. The van der Waals surface area contributed by atoms with Crippen LogP contribution in [-0.2, 0) is 35.1 Å². The summed E-state index contributed by atoms with van der Waals surface area (Å²) in [6.45, 7) is 5.24. The van der Waals surface area contributed by atoms with Crippen LogP contribution in [0.3, 0.4) is 0 Å². The molecule has 0 unspecified atom stereocenters. The molecule has 2 fully saturated rings. The van der Waals surface area contributed by atoms with E-state index in [2.05, 4.69) is 5.32 Å². The molecule has 4 aromatic rings. The summed E-state index contributed by atoms with van der Waals surface area (Å²) in [6, 6.07) is 10.5. The Balaban J connectivity index is 1.23. The number of likely N-dealkylation sites (N-methyl/N-ethyl adjacent to an activating group) is 1. The van der Waals surface area contributed by atoms with Gasteiger partial charge in [0.2, 0.25) is 0 Å². The molecule has 71 heavy (non-hydrogen) atoms. The standard InChI is InChI=1S/C49H52N2O20/c1-17-12-26-31(38(57)28(17)45(62)50-18(2)46(63)64)30-24(15-25-32(39(30)58)36(55)23-13-22(66-6)14-27(52)29(23)35(25)54)37(56)43(26)70-48-42(61)44(71-47-41(60)40(59)34(53)20(4)69-47)33(19(3)68-48)51(5)49(65)67-16-21-10-8-7-9-11-21/h7-15,18-20,33-34,37,40-44,47-48,52-53,56-61H,16H2,1-6H3,(H,50,62)(H,63,64)/t18-,19-,20-,33+,34-,37+,40+,41-,42-,43+,44+,47+,48+/m1/s1. The van der Waals surface area contributed by atoms with Crippen molar-refractivity contribution in [1.29, 1.82) is 0 Å². The summed E-state index contributed by atoms with van der Waals surface area (Å²) in [7, 11) is 2.58. The van der Waals surface area contributed by atoms with Gasteiger partial charge in [-0.05, 0) is 62.1 Å². The average molecular weight is 989 g/mol. The minimum atomic E-state index is -2.02. The number of aliphatic hydroxyl groups is 5. The number of carbonyl (C=O) groups excluding carboxylic acids is 4. The highest BCUT2D eigenvalue weighted by molar-refractivity contribution is 6.31. The molecule has 0 saturated carbocycles. The minimum Gasteiger partial charge on any atom is -0.507 e. The molecule has 2 amide bonds. The van der Waals surface area contributed by atoms with Crippen molar-refractivity contribution in [2.75, 3.05) is 14.2 Å². The number of nitrogens with one attached hydrogen (secondary N) is 1. The number of aliphatic carboxylic acids is 1. The van der Waals surface area contributed by atoms with Crippen molar-refractivity contribution in [2.45, 2.75) is 114 Å². The smallest absolute Gasteiger partial charge is 0.410 e. The Morgan fingerprint density at radius 3 is 2.04 bits per heavy atom. The SMILES string of the molecule is COc1cc(O)c2c(c1)C(=O)c1c(cc3c(c1O)-c1c(cc(C)c(C(=O)N[C@H](C)C(=O)O)c1O)[C@H](O[C@@H]1O[C@H](C)[C@H](N(C)C(=O)OCc4ccccc4)[C@H](O[C@@H]4O[C@H](C)[C@@H](O)[C@H](O)[C@H]4O)[C@H]1O)[C@H]3O)C2=O. The fraction of sp³-hybridized carbons (Fsp3) is 0.408. The number of aromatic hydroxyl groups is 3. The highest BCUT2D eigenvalue weighted by atomic mass is 16.7. The van der Waals surface area contributed by atoms with Crippen LogP contribution in [0.5, 0.6) is 23.0 Å². The molecule has 378 valence electrons. The van der Waals surface area contributed by atoms with E-state index in [0.29, 0.717) is 5.56 Å². The normalized spacial score (nSPS) is 28.1. The molecule has 2 aliphatic heterocycles. The summed E-state index contributed by atoms with van der Waals surface area (Å²) in [5.74, 6) is -6.92. The fourth-order valence-corrected chi connectivity index (χ4v) is 9.58. The van der Waals surface area contributed by atoms with Crippen molar-refractivity contribution in [2.24, 2.45) is 0 Å². The van der Waals surface area contributed by atoms with Gasteiger partial charge in [-0.1, -0.05) is 36.4 Å².